The van der Waals surface area contributed by atoms with Gasteiger partial charge in [-0.15, -0.1) is 11.3 Å². The maximum Gasteiger partial charge on any atom is 0.417 e. The number of halogens is 3. The van der Waals surface area contributed by atoms with Crippen LogP contribution in [-0.2, 0) is 6.18 Å². The molecule has 1 N–H and O–H groups in total. The number of nitrogens with zero attached hydrogens (tertiary/aromatic N) is 2. The molecule has 0 aliphatic heterocycles. The molecule has 0 spiro atoms. The zero-order chi connectivity index (χ0) is 15.5. The van der Waals surface area contributed by atoms with Crippen LogP contribution in [-0.4, -0.2) is 18.3 Å². The number of aromatic nitrogens is 1. The normalized spacial score (nSPS) is 11.9. The number of thiazole rings is 1. The number of methoxy groups -OCH3 is 1. The number of nitrogens with one attached hydrogen (secondary N) is 1. The number of aryl methyl sites for hydroxylation is 1. The molecule has 2 aromatic rings. The molecular formula is C13H12F3N3OS. The summed E-state index contributed by atoms with van der Waals surface area (Å²) in [7, 11) is 1.31. The molecule has 1 heterocycles. The number of ether oxygens (including phenoxy) is 1. The molecule has 0 unspecified atom stereocenters. The summed E-state index contributed by atoms with van der Waals surface area (Å²) < 4.78 is 43.9. The van der Waals surface area contributed by atoms with Gasteiger partial charge in [-0.05, 0) is 19.1 Å². The molecule has 0 saturated heterocycles. The molecule has 0 radical (unpaired) electrons. The quantitative estimate of drug-likeness (QED) is 0.687. The van der Waals surface area contributed by atoms with Crippen LogP contribution in [0.2, 0.25) is 0 Å². The molecule has 0 amide bonds. The Bertz CT molecular complexity index is 652. The monoisotopic (exact) mass is 315 g/mol. The van der Waals surface area contributed by atoms with E-state index in [-0.39, 0.29) is 11.3 Å². The fourth-order valence-electron chi connectivity index (χ4n) is 1.66. The molecule has 4 nitrogen and oxygen atoms in total. The predicted octanol–water partition coefficient (Wildman–Crippen LogP) is 3.92. The Morgan fingerprint density at radius 2 is 2.14 bits per heavy atom. The topological polar surface area (TPSA) is 46.5 Å². The Morgan fingerprint density at radius 3 is 2.71 bits per heavy atom. The van der Waals surface area contributed by atoms with Crippen molar-refractivity contribution in [3.8, 4) is 5.75 Å². The van der Waals surface area contributed by atoms with E-state index in [1.54, 1.807) is 0 Å². The number of hydrogen-bond acceptors (Lipinski definition) is 5. The third-order valence-corrected chi connectivity index (χ3v) is 3.43. The molecule has 0 aliphatic carbocycles. The largest absolute Gasteiger partial charge is 0.496 e. The number of anilines is 1. The first-order chi connectivity index (χ1) is 9.91. The van der Waals surface area contributed by atoms with Crippen molar-refractivity contribution in [1.29, 1.82) is 0 Å². The highest BCUT2D eigenvalue weighted by Crippen LogP contribution is 2.35. The van der Waals surface area contributed by atoms with E-state index in [2.05, 4.69) is 15.5 Å². The van der Waals surface area contributed by atoms with Crippen LogP contribution in [0.3, 0.4) is 0 Å². The smallest absolute Gasteiger partial charge is 0.417 e. The third-order valence-electron chi connectivity index (χ3n) is 2.56. The number of alkyl halides is 3. The fourth-order valence-corrected chi connectivity index (χ4v) is 2.30. The van der Waals surface area contributed by atoms with Gasteiger partial charge in [0.1, 0.15) is 5.75 Å². The second-order valence-electron chi connectivity index (χ2n) is 4.08. The number of benzene rings is 1. The third kappa shape index (κ3) is 3.72. The second kappa shape index (κ2) is 6.13. The molecule has 0 aliphatic rings. The molecule has 112 valence electrons. The first-order valence-electron chi connectivity index (χ1n) is 5.87. The molecule has 0 saturated carbocycles. The van der Waals surface area contributed by atoms with Crippen LogP contribution in [0.4, 0.5) is 18.3 Å². The second-order valence-corrected chi connectivity index (χ2v) is 4.94. The van der Waals surface area contributed by atoms with Crippen LogP contribution in [0.5, 0.6) is 5.75 Å². The van der Waals surface area contributed by atoms with Crippen molar-refractivity contribution < 1.29 is 17.9 Å². The lowest BCUT2D eigenvalue weighted by Crippen LogP contribution is -2.10. The van der Waals surface area contributed by atoms with Crippen LogP contribution < -0.4 is 10.2 Å². The van der Waals surface area contributed by atoms with Gasteiger partial charge in [0.25, 0.3) is 0 Å². The van der Waals surface area contributed by atoms with E-state index in [0.717, 1.165) is 18.0 Å². The minimum atomic E-state index is -4.48. The maximum absolute atomic E-state index is 13.0. The van der Waals surface area contributed by atoms with E-state index in [0.29, 0.717) is 5.13 Å². The summed E-state index contributed by atoms with van der Waals surface area (Å²) in [6.07, 6.45) is -3.40. The molecule has 1 aromatic heterocycles. The van der Waals surface area contributed by atoms with E-state index >= 15 is 0 Å². The fraction of sp³-hybridized carbons (Fsp3) is 0.231. The van der Waals surface area contributed by atoms with Crippen molar-refractivity contribution in [3.63, 3.8) is 0 Å². The molecule has 2 rings (SSSR count). The lowest BCUT2D eigenvalue weighted by atomic mass is 10.1. The van der Waals surface area contributed by atoms with Crippen LogP contribution in [0.1, 0.15) is 16.8 Å². The van der Waals surface area contributed by atoms with Gasteiger partial charge in [0, 0.05) is 10.9 Å². The van der Waals surface area contributed by atoms with Crippen molar-refractivity contribution in [2.24, 2.45) is 5.10 Å². The van der Waals surface area contributed by atoms with Gasteiger partial charge in [0.15, 0.2) is 0 Å². The summed E-state index contributed by atoms with van der Waals surface area (Å²) >= 11 is 1.31. The van der Waals surface area contributed by atoms with E-state index in [1.807, 2.05) is 12.3 Å². The van der Waals surface area contributed by atoms with Crippen molar-refractivity contribution in [1.82, 2.24) is 4.98 Å². The number of hydrogen-bond donors (Lipinski definition) is 1. The van der Waals surface area contributed by atoms with E-state index in [4.69, 9.17) is 4.74 Å². The molecule has 1 aromatic carbocycles. The first kappa shape index (κ1) is 15.3. The summed E-state index contributed by atoms with van der Waals surface area (Å²) in [4.78, 5) is 4.10. The molecule has 0 fully saturated rings. The van der Waals surface area contributed by atoms with Gasteiger partial charge in [0.05, 0.1) is 24.6 Å². The Labute approximate surface area is 123 Å². The average molecular weight is 315 g/mol. The minimum absolute atomic E-state index is 0.102. The zero-order valence-corrected chi connectivity index (χ0v) is 12.0. The van der Waals surface area contributed by atoms with E-state index in [1.165, 1.54) is 30.6 Å². The Balaban J connectivity index is 2.29. The lowest BCUT2D eigenvalue weighted by Gasteiger charge is -2.12. The highest BCUT2D eigenvalue weighted by Gasteiger charge is 2.34. The standard InChI is InChI=1S/C13H12F3N3OS/c1-8-7-21-12(18-8)19-17-6-9-10(13(14,15)16)4-3-5-11(9)20-2/h3-7H,1-2H3,(H,18,19). The summed E-state index contributed by atoms with van der Waals surface area (Å²) in [5, 5.41) is 6.12. The summed E-state index contributed by atoms with van der Waals surface area (Å²) in [5.74, 6) is 0.102. The number of hydrazone groups is 1. The summed E-state index contributed by atoms with van der Waals surface area (Å²) in [6, 6.07) is 3.72. The van der Waals surface area contributed by atoms with Crippen LogP contribution in [0.25, 0.3) is 0 Å². The van der Waals surface area contributed by atoms with Crippen molar-refractivity contribution in [2.75, 3.05) is 12.5 Å². The van der Waals surface area contributed by atoms with Gasteiger partial charge >= 0.3 is 6.18 Å². The van der Waals surface area contributed by atoms with Crippen molar-refractivity contribution in [2.45, 2.75) is 13.1 Å². The number of rotatable bonds is 4. The molecule has 0 atom stereocenters. The van der Waals surface area contributed by atoms with Gasteiger partial charge in [-0.3, -0.25) is 5.43 Å². The molecule has 0 bridgehead atoms. The minimum Gasteiger partial charge on any atom is -0.496 e. The maximum atomic E-state index is 13.0. The Kier molecular flexibility index (Phi) is 4.46. The summed E-state index contributed by atoms with van der Waals surface area (Å²) in [5.41, 5.74) is 2.47. The SMILES string of the molecule is COc1cccc(C(F)(F)F)c1C=NNc1nc(C)cs1. The van der Waals surface area contributed by atoms with Gasteiger partial charge in [-0.25, -0.2) is 4.98 Å². The van der Waals surface area contributed by atoms with Crippen molar-refractivity contribution in [3.05, 3.63) is 40.4 Å². The van der Waals surface area contributed by atoms with Crippen LogP contribution in [0, 0.1) is 6.92 Å². The van der Waals surface area contributed by atoms with Crippen LogP contribution >= 0.6 is 11.3 Å². The molecule has 21 heavy (non-hydrogen) atoms. The first-order valence-corrected chi connectivity index (χ1v) is 6.75. The van der Waals surface area contributed by atoms with Gasteiger partial charge in [-0.1, -0.05) is 6.07 Å². The Hall–Kier alpha value is -2.09. The molecule has 8 heteroatoms. The van der Waals surface area contributed by atoms with E-state index in [9.17, 15) is 13.2 Å². The van der Waals surface area contributed by atoms with E-state index < -0.39 is 11.7 Å². The van der Waals surface area contributed by atoms with Crippen molar-refractivity contribution >= 4 is 22.7 Å². The van der Waals surface area contributed by atoms with Gasteiger partial charge in [-0.2, -0.15) is 18.3 Å². The predicted molar refractivity (Wildman–Crippen MR) is 76.1 cm³/mol. The van der Waals surface area contributed by atoms with Crippen LogP contribution in [0.15, 0.2) is 28.7 Å². The molecular weight excluding hydrogens is 303 g/mol. The highest BCUT2D eigenvalue weighted by atomic mass is 32.1. The summed E-state index contributed by atoms with van der Waals surface area (Å²) in [6.45, 7) is 1.81. The lowest BCUT2D eigenvalue weighted by molar-refractivity contribution is -0.137. The van der Waals surface area contributed by atoms with Gasteiger partial charge < -0.3 is 4.74 Å². The zero-order valence-electron chi connectivity index (χ0n) is 11.2. The van der Waals surface area contributed by atoms with Gasteiger partial charge in [0.2, 0.25) is 5.13 Å². The highest BCUT2D eigenvalue weighted by molar-refractivity contribution is 7.13. The Morgan fingerprint density at radius 1 is 1.38 bits per heavy atom. The average Bonchev–Trinajstić information content (AvgIpc) is 2.83.